The van der Waals surface area contributed by atoms with Gasteiger partial charge >= 0.3 is 0 Å². The first-order valence-corrected chi connectivity index (χ1v) is 5.71. The zero-order valence-corrected chi connectivity index (χ0v) is 9.65. The van der Waals surface area contributed by atoms with Gasteiger partial charge in [0.25, 0.3) is 0 Å². The number of rotatable bonds is 6. The summed E-state index contributed by atoms with van der Waals surface area (Å²) in [6, 6.07) is 10.1. The van der Waals surface area contributed by atoms with Crippen LogP contribution in [0.5, 0.6) is 0 Å². The lowest BCUT2D eigenvalue weighted by molar-refractivity contribution is 0.0330. The Hall–Kier alpha value is -0.860. The summed E-state index contributed by atoms with van der Waals surface area (Å²) >= 11 is 0. The summed E-state index contributed by atoms with van der Waals surface area (Å²) in [7, 11) is 0. The van der Waals surface area contributed by atoms with Gasteiger partial charge in [-0.1, -0.05) is 44.2 Å². The second-order valence-corrected chi connectivity index (χ2v) is 3.75. The Balaban J connectivity index is 2.60. The quantitative estimate of drug-likeness (QED) is 0.778. The summed E-state index contributed by atoms with van der Waals surface area (Å²) in [6.45, 7) is 5.02. The van der Waals surface area contributed by atoms with Gasteiger partial charge in [-0.25, -0.2) is 0 Å². The fourth-order valence-corrected chi connectivity index (χ4v) is 1.63. The Labute approximate surface area is 92.4 Å². The molecule has 0 aliphatic carbocycles. The van der Waals surface area contributed by atoms with Crippen molar-refractivity contribution in [1.29, 1.82) is 0 Å². The van der Waals surface area contributed by atoms with Crippen molar-refractivity contribution in [3.63, 3.8) is 0 Å². The molecular formula is C13H21NO. The molecule has 0 bridgehead atoms. The highest BCUT2D eigenvalue weighted by Crippen LogP contribution is 2.18. The second-order valence-electron chi connectivity index (χ2n) is 3.75. The van der Waals surface area contributed by atoms with Gasteiger partial charge in [-0.2, -0.15) is 0 Å². The van der Waals surface area contributed by atoms with Crippen LogP contribution < -0.4 is 5.73 Å². The van der Waals surface area contributed by atoms with Crippen LogP contribution in [0.15, 0.2) is 30.3 Å². The molecule has 0 spiro atoms. The predicted molar refractivity (Wildman–Crippen MR) is 63.7 cm³/mol. The molecular weight excluding hydrogens is 186 g/mol. The molecule has 0 heterocycles. The molecule has 0 radical (unpaired) electrons. The van der Waals surface area contributed by atoms with Crippen LogP contribution in [0, 0.1) is 0 Å². The lowest BCUT2D eigenvalue weighted by atomic mass is 10.0. The molecule has 1 rings (SSSR count). The van der Waals surface area contributed by atoms with Crippen molar-refractivity contribution in [2.75, 3.05) is 6.61 Å². The van der Waals surface area contributed by atoms with Gasteiger partial charge in [-0.3, -0.25) is 0 Å². The summed E-state index contributed by atoms with van der Waals surface area (Å²) in [4.78, 5) is 0. The smallest absolute Gasteiger partial charge is 0.0765 e. The molecule has 0 aliphatic heterocycles. The minimum atomic E-state index is -0.0113. The third kappa shape index (κ3) is 3.65. The first-order valence-electron chi connectivity index (χ1n) is 5.71. The fourth-order valence-electron chi connectivity index (χ4n) is 1.63. The number of hydrogen-bond donors (Lipinski definition) is 1. The number of ether oxygens (including phenoxy) is 1. The molecule has 1 aromatic carbocycles. The van der Waals surface area contributed by atoms with Gasteiger partial charge in [-0.05, 0) is 18.4 Å². The first-order chi connectivity index (χ1) is 7.29. The Morgan fingerprint density at radius 1 is 1.20 bits per heavy atom. The largest absolute Gasteiger partial charge is 0.376 e. The average Bonchev–Trinajstić information content (AvgIpc) is 2.31. The van der Waals surface area contributed by atoms with Gasteiger partial charge in [0.1, 0.15) is 0 Å². The standard InChI is InChI=1S/C13H21NO/c1-3-10-15-12(4-2)13(14)11-8-6-5-7-9-11/h5-9,12-13H,3-4,10,14H2,1-2H3. The van der Waals surface area contributed by atoms with E-state index in [0.717, 1.165) is 25.0 Å². The molecule has 0 fully saturated rings. The van der Waals surface area contributed by atoms with Crippen molar-refractivity contribution >= 4 is 0 Å². The Kier molecular flexibility index (Phi) is 5.37. The minimum absolute atomic E-state index is 0.0113. The van der Waals surface area contributed by atoms with Crippen molar-refractivity contribution in [3.8, 4) is 0 Å². The molecule has 0 saturated carbocycles. The molecule has 2 heteroatoms. The molecule has 0 aliphatic rings. The molecule has 1 aromatic rings. The van der Waals surface area contributed by atoms with Crippen molar-refractivity contribution in [3.05, 3.63) is 35.9 Å². The molecule has 0 amide bonds. The van der Waals surface area contributed by atoms with Gasteiger partial charge in [0.05, 0.1) is 12.1 Å². The van der Waals surface area contributed by atoms with E-state index in [0.29, 0.717) is 0 Å². The Morgan fingerprint density at radius 3 is 2.40 bits per heavy atom. The monoisotopic (exact) mass is 207 g/mol. The molecule has 2 unspecified atom stereocenters. The zero-order valence-electron chi connectivity index (χ0n) is 9.65. The van der Waals surface area contributed by atoms with Gasteiger partial charge in [0, 0.05) is 6.61 Å². The van der Waals surface area contributed by atoms with E-state index in [1.54, 1.807) is 0 Å². The first kappa shape index (κ1) is 12.2. The van der Waals surface area contributed by atoms with Crippen LogP contribution in [0.1, 0.15) is 38.3 Å². The fraction of sp³-hybridized carbons (Fsp3) is 0.538. The third-order valence-corrected chi connectivity index (χ3v) is 2.52. The van der Waals surface area contributed by atoms with Crippen LogP contribution >= 0.6 is 0 Å². The highest BCUT2D eigenvalue weighted by atomic mass is 16.5. The van der Waals surface area contributed by atoms with Crippen LogP contribution in [0.2, 0.25) is 0 Å². The van der Waals surface area contributed by atoms with Crippen molar-refractivity contribution in [2.45, 2.75) is 38.8 Å². The molecule has 15 heavy (non-hydrogen) atoms. The molecule has 2 N–H and O–H groups in total. The van der Waals surface area contributed by atoms with Gasteiger partial charge < -0.3 is 10.5 Å². The Morgan fingerprint density at radius 2 is 1.87 bits per heavy atom. The lowest BCUT2D eigenvalue weighted by Crippen LogP contribution is -2.28. The SMILES string of the molecule is CCCOC(CC)C(N)c1ccccc1. The summed E-state index contributed by atoms with van der Waals surface area (Å²) < 4.78 is 5.73. The molecule has 2 nitrogen and oxygen atoms in total. The maximum atomic E-state index is 6.17. The van der Waals surface area contributed by atoms with E-state index in [2.05, 4.69) is 26.0 Å². The number of hydrogen-bond acceptors (Lipinski definition) is 2. The number of benzene rings is 1. The Bertz CT molecular complexity index is 260. The topological polar surface area (TPSA) is 35.2 Å². The van der Waals surface area contributed by atoms with E-state index in [9.17, 15) is 0 Å². The number of nitrogens with two attached hydrogens (primary N) is 1. The lowest BCUT2D eigenvalue weighted by Gasteiger charge is -2.23. The maximum Gasteiger partial charge on any atom is 0.0765 e. The summed E-state index contributed by atoms with van der Waals surface area (Å²) in [5.74, 6) is 0. The van der Waals surface area contributed by atoms with E-state index in [1.807, 2.05) is 18.2 Å². The predicted octanol–water partition coefficient (Wildman–Crippen LogP) is 2.89. The van der Waals surface area contributed by atoms with Gasteiger partial charge in [0.15, 0.2) is 0 Å². The molecule has 2 atom stereocenters. The van der Waals surface area contributed by atoms with Crippen molar-refractivity contribution in [1.82, 2.24) is 0 Å². The summed E-state index contributed by atoms with van der Waals surface area (Å²) in [6.07, 6.45) is 2.13. The molecule has 0 aromatic heterocycles. The van der Waals surface area contributed by atoms with E-state index in [4.69, 9.17) is 10.5 Å². The second kappa shape index (κ2) is 6.59. The molecule has 84 valence electrons. The molecule has 0 saturated heterocycles. The highest BCUT2D eigenvalue weighted by Gasteiger charge is 2.17. The van der Waals surface area contributed by atoms with Crippen molar-refractivity contribution < 1.29 is 4.74 Å². The van der Waals surface area contributed by atoms with E-state index in [-0.39, 0.29) is 12.1 Å². The maximum absolute atomic E-state index is 6.17. The van der Waals surface area contributed by atoms with Gasteiger partial charge in [-0.15, -0.1) is 0 Å². The summed E-state index contributed by atoms with van der Waals surface area (Å²) in [5, 5.41) is 0. The van der Waals surface area contributed by atoms with Crippen LogP contribution in [0.3, 0.4) is 0 Å². The van der Waals surface area contributed by atoms with Crippen LogP contribution in [0.25, 0.3) is 0 Å². The third-order valence-electron chi connectivity index (χ3n) is 2.52. The van der Waals surface area contributed by atoms with E-state index in [1.165, 1.54) is 0 Å². The normalized spacial score (nSPS) is 14.9. The van der Waals surface area contributed by atoms with Crippen molar-refractivity contribution in [2.24, 2.45) is 5.73 Å². The van der Waals surface area contributed by atoms with Crippen LogP contribution in [0.4, 0.5) is 0 Å². The van der Waals surface area contributed by atoms with Crippen LogP contribution in [-0.2, 0) is 4.74 Å². The average molecular weight is 207 g/mol. The zero-order chi connectivity index (χ0) is 11.1. The van der Waals surface area contributed by atoms with Crippen LogP contribution in [-0.4, -0.2) is 12.7 Å². The van der Waals surface area contributed by atoms with E-state index < -0.39 is 0 Å². The minimum Gasteiger partial charge on any atom is -0.376 e. The summed E-state index contributed by atoms with van der Waals surface area (Å²) in [5.41, 5.74) is 7.32. The van der Waals surface area contributed by atoms with Gasteiger partial charge in [0.2, 0.25) is 0 Å². The highest BCUT2D eigenvalue weighted by molar-refractivity contribution is 5.19. The van der Waals surface area contributed by atoms with E-state index >= 15 is 0 Å².